The van der Waals surface area contributed by atoms with Gasteiger partial charge in [-0.15, -0.1) is 0 Å². The van der Waals surface area contributed by atoms with Gasteiger partial charge < -0.3 is 11.5 Å². The van der Waals surface area contributed by atoms with E-state index in [1.165, 1.54) is 0 Å². The largest absolute Gasteiger partial charge is 0.383 e. The van der Waals surface area contributed by atoms with Gasteiger partial charge in [-0.3, -0.25) is 9.78 Å². The summed E-state index contributed by atoms with van der Waals surface area (Å²) in [7, 11) is 0. The molecule has 4 N–H and O–H groups in total. The molecule has 0 spiro atoms. The van der Waals surface area contributed by atoms with E-state index in [0.29, 0.717) is 17.2 Å². The van der Waals surface area contributed by atoms with Crippen molar-refractivity contribution in [3.63, 3.8) is 0 Å². The first kappa shape index (κ1) is 12.4. The Bertz CT molecular complexity index is 588. The maximum Gasteiger partial charge on any atom is 0.254 e. The van der Waals surface area contributed by atoms with Crippen LogP contribution in [-0.2, 0) is 0 Å². The second-order valence-corrected chi connectivity index (χ2v) is 4.53. The third-order valence-corrected chi connectivity index (χ3v) is 2.79. The van der Waals surface area contributed by atoms with Crippen molar-refractivity contribution in [2.24, 2.45) is 5.73 Å². The van der Waals surface area contributed by atoms with Crippen molar-refractivity contribution in [3.05, 3.63) is 34.1 Å². The summed E-state index contributed by atoms with van der Waals surface area (Å²) in [5.41, 5.74) is 12.1. The van der Waals surface area contributed by atoms with E-state index in [1.807, 2.05) is 6.07 Å². The van der Waals surface area contributed by atoms with Gasteiger partial charge in [0.25, 0.3) is 5.91 Å². The molecule has 0 aromatic carbocycles. The van der Waals surface area contributed by atoms with Crippen LogP contribution in [0.5, 0.6) is 0 Å². The molecule has 0 aliphatic rings. The molecule has 0 unspecified atom stereocenters. The van der Waals surface area contributed by atoms with Gasteiger partial charge >= 0.3 is 0 Å². The van der Waals surface area contributed by atoms with Crippen molar-refractivity contribution >= 4 is 27.7 Å². The zero-order chi connectivity index (χ0) is 13.3. The molecule has 2 aromatic rings. The molecular weight excluding hydrogens is 298 g/mol. The maximum absolute atomic E-state index is 11.2. The van der Waals surface area contributed by atoms with Crippen LogP contribution in [0.4, 0.5) is 5.82 Å². The number of nitrogens with zero attached hydrogens (tertiary/aromatic N) is 3. The average Bonchev–Trinajstić information content (AvgIpc) is 2.28. The van der Waals surface area contributed by atoms with E-state index in [2.05, 4.69) is 30.9 Å². The van der Waals surface area contributed by atoms with Crippen LogP contribution in [0.25, 0.3) is 11.5 Å². The highest BCUT2D eigenvalue weighted by Crippen LogP contribution is 2.19. The number of carbonyl (C=O) groups excluding carboxylic acids is 1. The molecule has 0 saturated heterocycles. The summed E-state index contributed by atoms with van der Waals surface area (Å²) in [5, 5.41) is 0. The van der Waals surface area contributed by atoms with Gasteiger partial charge in [0.1, 0.15) is 17.1 Å². The topological polar surface area (TPSA) is 108 Å². The van der Waals surface area contributed by atoms with E-state index in [-0.39, 0.29) is 11.4 Å². The summed E-state index contributed by atoms with van der Waals surface area (Å²) in [6.07, 6.45) is 1.63. The fourth-order valence-corrected chi connectivity index (χ4v) is 1.76. The van der Waals surface area contributed by atoms with Gasteiger partial charge in [0.15, 0.2) is 5.82 Å². The third kappa shape index (κ3) is 2.30. The Hall–Kier alpha value is -2.02. The number of hydrogen-bond acceptors (Lipinski definition) is 5. The fraction of sp³-hybridized carbons (Fsp3) is 0.0909. The number of carbonyl (C=O) groups is 1. The molecule has 0 radical (unpaired) electrons. The summed E-state index contributed by atoms with van der Waals surface area (Å²) in [6.45, 7) is 1.65. The first-order valence-corrected chi connectivity index (χ1v) is 5.84. The molecule has 1 amide bonds. The van der Waals surface area contributed by atoms with Crippen LogP contribution in [0.15, 0.2) is 22.8 Å². The number of nitrogens with two attached hydrogens (primary N) is 2. The molecule has 2 aromatic heterocycles. The van der Waals surface area contributed by atoms with Crippen molar-refractivity contribution in [2.45, 2.75) is 6.92 Å². The minimum absolute atomic E-state index is 0.0646. The Morgan fingerprint density at radius 3 is 2.56 bits per heavy atom. The predicted molar refractivity (Wildman–Crippen MR) is 70.6 cm³/mol. The smallest absolute Gasteiger partial charge is 0.254 e. The van der Waals surface area contributed by atoms with Gasteiger partial charge in [0.05, 0.1) is 5.69 Å². The summed E-state index contributed by atoms with van der Waals surface area (Å²) < 4.78 is 0.852. The Kier molecular flexibility index (Phi) is 3.24. The number of pyridine rings is 1. The highest BCUT2D eigenvalue weighted by molar-refractivity contribution is 9.10. The summed E-state index contributed by atoms with van der Waals surface area (Å²) in [4.78, 5) is 23.6. The highest BCUT2D eigenvalue weighted by Gasteiger charge is 2.15. The van der Waals surface area contributed by atoms with Gasteiger partial charge in [-0.1, -0.05) is 0 Å². The number of aromatic nitrogens is 3. The summed E-state index contributed by atoms with van der Waals surface area (Å²) in [6, 6.07) is 3.57. The molecule has 2 rings (SSSR count). The normalized spacial score (nSPS) is 10.3. The molecule has 6 nitrogen and oxygen atoms in total. The fourth-order valence-electron chi connectivity index (χ4n) is 1.52. The van der Waals surface area contributed by atoms with E-state index in [0.717, 1.165) is 4.47 Å². The number of rotatable bonds is 2. The molecule has 0 aliphatic carbocycles. The number of nitrogen functional groups attached to an aromatic ring is 1. The number of aryl methyl sites for hydroxylation is 1. The van der Waals surface area contributed by atoms with E-state index >= 15 is 0 Å². The Morgan fingerprint density at radius 1 is 1.33 bits per heavy atom. The third-order valence-electron chi connectivity index (χ3n) is 2.32. The van der Waals surface area contributed by atoms with Crippen LogP contribution < -0.4 is 11.5 Å². The van der Waals surface area contributed by atoms with Crippen LogP contribution in [0.2, 0.25) is 0 Å². The van der Waals surface area contributed by atoms with E-state index < -0.39 is 5.91 Å². The lowest BCUT2D eigenvalue weighted by molar-refractivity contribution is 0.1000. The number of hydrogen-bond donors (Lipinski definition) is 2. The van der Waals surface area contributed by atoms with Crippen LogP contribution in [0.1, 0.15) is 16.1 Å². The summed E-state index contributed by atoms with van der Waals surface area (Å²) >= 11 is 3.29. The van der Waals surface area contributed by atoms with Gasteiger partial charge in [0, 0.05) is 10.7 Å². The molecule has 0 aliphatic heterocycles. The molecule has 0 saturated carbocycles. The Balaban J connectivity index is 2.54. The summed E-state index contributed by atoms with van der Waals surface area (Å²) in [5.74, 6) is -0.211. The van der Waals surface area contributed by atoms with E-state index in [4.69, 9.17) is 11.5 Å². The quantitative estimate of drug-likeness (QED) is 0.869. The molecule has 92 valence electrons. The molecule has 0 bridgehead atoms. The minimum atomic E-state index is -0.639. The van der Waals surface area contributed by atoms with Gasteiger partial charge in [-0.05, 0) is 35.0 Å². The van der Waals surface area contributed by atoms with Crippen molar-refractivity contribution < 1.29 is 4.79 Å². The molecular formula is C11H10BrN5O. The zero-order valence-corrected chi connectivity index (χ0v) is 11.1. The molecule has 0 atom stereocenters. The van der Waals surface area contributed by atoms with Crippen molar-refractivity contribution in [1.29, 1.82) is 0 Å². The number of primary amides is 1. The minimum Gasteiger partial charge on any atom is -0.383 e. The second-order valence-electron chi connectivity index (χ2n) is 3.62. The van der Waals surface area contributed by atoms with Crippen LogP contribution in [0, 0.1) is 6.92 Å². The standard InChI is InChI=1S/C11H10BrN5O/c1-5-8(10(14)18)9(13)17-11(16-5)7-3-2-6(12)4-15-7/h2-4H,1H3,(H2,14,18)(H2,13,16,17). The monoisotopic (exact) mass is 307 g/mol. The first-order chi connectivity index (χ1) is 8.49. The van der Waals surface area contributed by atoms with Gasteiger partial charge in [-0.25, -0.2) is 9.97 Å². The lowest BCUT2D eigenvalue weighted by atomic mass is 10.2. The lowest BCUT2D eigenvalue weighted by Crippen LogP contribution is -2.18. The highest BCUT2D eigenvalue weighted by atomic mass is 79.9. The predicted octanol–water partition coefficient (Wildman–Crippen LogP) is 1.29. The van der Waals surface area contributed by atoms with Crippen molar-refractivity contribution in [1.82, 2.24) is 15.0 Å². The SMILES string of the molecule is Cc1nc(-c2ccc(Br)cn2)nc(N)c1C(N)=O. The van der Waals surface area contributed by atoms with Crippen LogP contribution in [-0.4, -0.2) is 20.9 Å². The lowest BCUT2D eigenvalue weighted by Gasteiger charge is -2.07. The number of amides is 1. The second kappa shape index (κ2) is 4.69. The number of halogens is 1. The van der Waals surface area contributed by atoms with Gasteiger partial charge in [-0.2, -0.15) is 0 Å². The maximum atomic E-state index is 11.2. The molecule has 2 heterocycles. The van der Waals surface area contributed by atoms with Crippen LogP contribution >= 0.6 is 15.9 Å². The van der Waals surface area contributed by atoms with E-state index in [9.17, 15) is 4.79 Å². The number of anilines is 1. The Labute approximate surface area is 112 Å². The molecule has 7 heteroatoms. The molecule has 0 fully saturated rings. The Morgan fingerprint density at radius 2 is 2.06 bits per heavy atom. The van der Waals surface area contributed by atoms with Crippen molar-refractivity contribution in [2.75, 3.05) is 5.73 Å². The van der Waals surface area contributed by atoms with Crippen molar-refractivity contribution in [3.8, 4) is 11.5 Å². The average molecular weight is 308 g/mol. The van der Waals surface area contributed by atoms with Crippen LogP contribution in [0.3, 0.4) is 0 Å². The zero-order valence-electron chi connectivity index (χ0n) is 9.51. The molecule has 18 heavy (non-hydrogen) atoms. The van der Waals surface area contributed by atoms with Gasteiger partial charge in [0.2, 0.25) is 0 Å². The first-order valence-electron chi connectivity index (χ1n) is 5.05. The van der Waals surface area contributed by atoms with E-state index in [1.54, 1.807) is 19.2 Å².